The number of nitrogens with zero attached hydrogens (tertiary/aromatic N) is 5. The van der Waals surface area contributed by atoms with Crippen molar-refractivity contribution < 1.29 is 9.59 Å². The fourth-order valence-electron chi connectivity index (χ4n) is 4.35. The molecule has 148 valence electrons. The van der Waals surface area contributed by atoms with Gasteiger partial charge in [-0.25, -0.2) is 4.79 Å². The first-order valence-electron chi connectivity index (χ1n) is 9.77. The number of rotatable bonds is 3. The largest absolute Gasteiger partial charge is 0.325 e. The van der Waals surface area contributed by atoms with E-state index in [4.69, 9.17) is 0 Å². The molecule has 1 N–H and O–H groups in total. The summed E-state index contributed by atoms with van der Waals surface area (Å²) < 4.78 is 1.56. The number of tetrazole rings is 1. The van der Waals surface area contributed by atoms with Gasteiger partial charge in [-0.05, 0) is 59.6 Å². The smallest absolute Gasteiger partial charge is 0.323 e. The van der Waals surface area contributed by atoms with Crippen LogP contribution in [0.15, 0.2) is 30.3 Å². The van der Waals surface area contributed by atoms with E-state index in [-0.39, 0.29) is 23.9 Å². The van der Waals surface area contributed by atoms with Gasteiger partial charge in [0.15, 0.2) is 5.82 Å². The van der Waals surface area contributed by atoms with Crippen molar-refractivity contribution >= 4 is 11.9 Å². The molecule has 28 heavy (non-hydrogen) atoms. The van der Waals surface area contributed by atoms with Crippen LogP contribution in [0, 0.1) is 11.3 Å². The third-order valence-corrected chi connectivity index (χ3v) is 6.14. The molecule has 1 aliphatic carbocycles. The van der Waals surface area contributed by atoms with Gasteiger partial charge in [0.05, 0.1) is 12.2 Å². The monoisotopic (exact) mass is 382 g/mol. The Balaban J connectivity index is 1.52. The van der Waals surface area contributed by atoms with Crippen molar-refractivity contribution in [2.24, 2.45) is 11.3 Å². The number of amides is 3. The third kappa shape index (κ3) is 3.16. The van der Waals surface area contributed by atoms with Crippen molar-refractivity contribution in [1.29, 1.82) is 0 Å². The van der Waals surface area contributed by atoms with E-state index in [0.717, 1.165) is 18.5 Å². The Labute approximate surface area is 164 Å². The maximum absolute atomic E-state index is 13.2. The van der Waals surface area contributed by atoms with E-state index in [0.29, 0.717) is 24.6 Å². The zero-order valence-electron chi connectivity index (χ0n) is 16.6. The van der Waals surface area contributed by atoms with E-state index in [1.54, 1.807) is 4.68 Å². The summed E-state index contributed by atoms with van der Waals surface area (Å²) in [6.45, 7) is 6.76. The Morgan fingerprint density at radius 3 is 2.46 bits per heavy atom. The van der Waals surface area contributed by atoms with Gasteiger partial charge in [-0.3, -0.25) is 9.69 Å². The molecule has 1 aromatic heterocycles. The molecule has 1 saturated heterocycles. The molecule has 2 aromatic rings. The van der Waals surface area contributed by atoms with Crippen molar-refractivity contribution in [3.63, 3.8) is 0 Å². The Bertz CT molecular complexity index is 878. The van der Waals surface area contributed by atoms with E-state index >= 15 is 0 Å². The molecule has 0 atom stereocenters. The molecule has 2 fully saturated rings. The average Bonchev–Trinajstić information content (AvgIpc) is 3.21. The second-order valence-corrected chi connectivity index (χ2v) is 8.89. The van der Waals surface area contributed by atoms with Gasteiger partial charge in [0.2, 0.25) is 0 Å². The predicted octanol–water partition coefficient (Wildman–Crippen LogP) is 2.69. The first kappa shape index (κ1) is 18.6. The second kappa shape index (κ2) is 6.68. The first-order chi connectivity index (χ1) is 13.3. The summed E-state index contributed by atoms with van der Waals surface area (Å²) in [6, 6.07) is 9.07. The van der Waals surface area contributed by atoms with Crippen molar-refractivity contribution in [3.05, 3.63) is 36.2 Å². The van der Waals surface area contributed by atoms with Crippen LogP contribution >= 0.6 is 0 Å². The Morgan fingerprint density at radius 2 is 1.82 bits per heavy atom. The summed E-state index contributed by atoms with van der Waals surface area (Å²) >= 11 is 0. The molecule has 0 bridgehead atoms. The number of hydrogen-bond acceptors (Lipinski definition) is 5. The Morgan fingerprint density at radius 1 is 1.14 bits per heavy atom. The van der Waals surface area contributed by atoms with E-state index in [1.807, 2.05) is 30.3 Å². The molecule has 1 saturated carbocycles. The van der Waals surface area contributed by atoms with Gasteiger partial charge in [-0.2, -0.15) is 4.68 Å². The highest BCUT2D eigenvalue weighted by atomic mass is 16.2. The fraction of sp³-hybridized carbons (Fsp3) is 0.550. The molecule has 1 aliphatic heterocycles. The number of carbonyl (C=O) groups excluding carboxylic acids is 2. The lowest BCUT2D eigenvalue weighted by Crippen LogP contribution is -2.50. The van der Waals surface area contributed by atoms with E-state index in [9.17, 15) is 9.59 Å². The van der Waals surface area contributed by atoms with Crippen LogP contribution in [0.1, 0.15) is 52.3 Å². The summed E-state index contributed by atoms with van der Waals surface area (Å²) in [4.78, 5) is 27.1. The molecule has 8 nitrogen and oxygen atoms in total. The van der Waals surface area contributed by atoms with Crippen LogP contribution in [0.5, 0.6) is 0 Å². The normalized spacial score (nSPS) is 25.4. The van der Waals surface area contributed by atoms with Crippen molar-refractivity contribution in [2.75, 3.05) is 0 Å². The van der Waals surface area contributed by atoms with Crippen molar-refractivity contribution in [3.8, 4) is 5.69 Å². The maximum atomic E-state index is 13.2. The standard InChI is InChI=1S/C20H26N6O2/c1-19(2,3)14-9-11-20(12-10-14)17(27)25(18(28)21-20)13-16-22-23-24-26(16)15-7-5-4-6-8-15/h4-8,14H,9-13H2,1-3H3,(H,21,28). The molecular weight excluding hydrogens is 356 g/mol. The van der Waals surface area contributed by atoms with Gasteiger partial charge < -0.3 is 5.32 Å². The van der Waals surface area contributed by atoms with E-state index in [2.05, 4.69) is 41.6 Å². The minimum atomic E-state index is -0.774. The van der Waals surface area contributed by atoms with Crippen LogP contribution in [0.3, 0.4) is 0 Å². The van der Waals surface area contributed by atoms with Crippen molar-refractivity contribution in [1.82, 2.24) is 30.4 Å². The summed E-state index contributed by atoms with van der Waals surface area (Å²) in [5.74, 6) is 0.852. The summed E-state index contributed by atoms with van der Waals surface area (Å²) in [6.07, 6.45) is 3.23. The summed E-state index contributed by atoms with van der Waals surface area (Å²) in [5, 5.41) is 14.7. The zero-order chi connectivity index (χ0) is 19.9. The molecule has 2 aliphatic rings. The molecular formula is C20H26N6O2. The van der Waals surface area contributed by atoms with Crippen molar-refractivity contribution in [2.45, 2.75) is 58.5 Å². The molecule has 1 spiro atoms. The molecule has 8 heteroatoms. The fourth-order valence-corrected chi connectivity index (χ4v) is 4.35. The van der Waals surface area contributed by atoms with Crippen LogP contribution < -0.4 is 5.32 Å². The SMILES string of the molecule is CC(C)(C)C1CCC2(CC1)NC(=O)N(Cc1nnnn1-c1ccccc1)C2=O. The second-order valence-electron chi connectivity index (χ2n) is 8.89. The van der Waals surface area contributed by atoms with Gasteiger partial charge in [0.1, 0.15) is 5.54 Å². The summed E-state index contributed by atoms with van der Waals surface area (Å²) in [5.41, 5.74) is 0.226. The van der Waals surface area contributed by atoms with Crippen LogP contribution in [-0.4, -0.2) is 42.6 Å². The highest BCUT2D eigenvalue weighted by Gasteiger charge is 2.53. The lowest BCUT2D eigenvalue weighted by atomic mass is 9.67. The number of benzene rings is 1. The zero-order valence-corrected chi connectivity index (χ0v) is 16.6. The van der Waals surface area contributed by atoms with Crippen LogP contribution in [0.25, 0.3) is 5.69 Å². The molecule has 4 rings (SSSR count). The van der Waals surface area contributed by atoms with Gasteiger partial charge in [0, 0.05) is 0 Å². The summed E-state index contributed by atoms with van der Waals surface area (Å²) in [7, 11) is 0. The van der Waals surface area contributed by atoms with E-state index in [1.165, 1.54) is 4.90 Å². The molecule has 3 amide bonds. The minimum Gasteiger partial charge on any atom is -0.323 e. The molecule has 1 aromatic carbocycles. The molecule has 2 heterocycles. The molecule has 0 radical (unpaired) electrons. The van der Waals surface area contributed by atoms with Gasteiger partial charge >= 0.3 is 6.03 Å². The van der Waals surface area contributed by atoms with Crippen LogP contribution in [-0.2, 0) is 11.3 Å². The number of carbonyl (C=O) groups is 2. The number of urea groups is 1. The number of nitrogens with one attached hydrogen (secondary N) is 1. The quantitative estimate of drug-likeness (QED) is 0.824. The van der Waals surface area contributed by atoms with Crippen LogP contribution in [0.2, 0.25) is 0 Å². The number of imide groups is 1. The van der Waals surface area contributed by atoms with Gasteiger partial charge in [-0.15, -0.1) is 5.10 Å². The molecule has 0 unspecified atom stereocenters. The highest BCUT2D eigenvalue weighted by Crippen LogP contribution is 2.43. The average molecular weight is 382 g/mol. The lowest BCUT2D eigenvalue weighted by molar-refractivity contribution is -0.133. The number of para-hydroxylation sites is 1. The third-order valence-electron chi connectivity index (χ3n) is 6.14. The number of hydrogen-bond donors (Lipinski definition) is 1. The maximum Gasteiger partial charge on any atom is 0.325 e. The number of aromatic nitrogens is 4. The van der Waals surface area contributed by atoms with Crippen LogP contribution in [0.4, 0.5) is 4.79 Å². The Kier molecular flexibility index (Phi) is 4.44. The predicted molar refractivity (Wildman–Crippen MR) is 102 cm³/mol. The first-order valence-corrected chi connectivity index (χ1v) is 9.77. The van der Waals surface area contributed by atoms with Gasteiger partial charge in [0.25, 0.3) is 5.91 Å². The van der Waals surface area contributed by atoms with Gasteiger partial charge in [-0.1, -0.05) is 39.0 Å². The Hall–Kier alpha value is -2.77. The topological polar surface area (TPSA) is 93.0 Å². The highest BCUT2D eigenvalue weighted by molar-refractivity contribution is 6.07. The minimum absolute atomic E-state index is 0.0526. The van der Waals surface area contributed by atoms with E-state index < -0.39 is 5.54 Å². The lowest BCUT2D eigenvalue weighted by Gasteiger charge is -2.40.